The Hall–Kier alpha value is -2.86. The first-order valence-corrected chi connectivity index (χ1v) is 8.98. The normalized spacial score (nSPS) is 11.5. The van der Waals surface area contributed by atoms with E-state index in [1.807, 2.05) is 60.1 Å². The number of imidazole rings is 1. The van der Waals surface area contributed by atoms with Gasteiger partial charge < -0.3 is 8.98 Å². The van der Waals surface area contributed by atoms with Gasteiger partial charge in [-0.15, -0.1) is 0 Å². The summed E-state index contributed by atoms with van der Waals surface area (Å²) in [5.41, 5.74) is 7.16. The van der Waals surface area contributed by atoms with Gasteiger partial charge in [0.25, 0.3) is 0 Å². The molecule has 0 amide bonds. The molecule has 5 nitrogen and oxygen atoms in total. The predicted molar refractivity (Wildman–Crippen MR) is 109 cm³/mol. The van der Waals surface area contributed by atoms with E-state index in [4.69, 9.17) is 4.42 Å². The molecule has 4 aromatic rings. The number of hydrogen-bond acceptors (Lipinski definition) is 4. The Morgan fingerprint density at radius 2 is 2.00 bits per heavy atom. The van der Waals surface area contributed by atoms with E-state index in [9.17, 15) is 0 Å². The molecule has 0 unspecified atom stereocenters. The maximum absolute atomic E-state index is 5.85. The van der Waals surface area contributed by atoms with Crippen molar-refractivity contribution in [3.05, 3.63) is 70.4 Å². The fourth-order valence-electron chi connectivity index (χ4n) is 2.72. The van der Waals surface area contributed by atoms with Crippen LogP contribution in [0.25, 0.3) is 22.4 Å². The van der Waals surface area contributed by atoms with Crippen LogP contribution in [0.3, 0.4) is 0 Å². The minimum absolute atomic E-state index is 0.669. The van der Waals surface area contributed by atoms with Gasteiger partial charge in [-0.1, -0.05) is 40.2 Å². The van der Waals surface area contributed by atoms with Crippen LogP contribution in [0.4, 0.5) is 5.95 Å². The Morgan fingerprint density at radius 1 is 1.15 bits per heavy atom. The first-order valence-electron chi connectivity index (χ1n) is 8.19. The number of hydrazone groups is 1. The highest BCUT2D eigenvalue weighted by molar-refractivity contribution is 9.10. The van der Waals surface area contributed by atoms with Crippen LogP contribution in [0.2, 0.25) is 0 Å². The van der Waals surface area contributed by atoms with Gasteiger partial charge in [0.15, 0.2) is 0 Å². The lowest BCUT2D eigenvalue weighted by molar-refractivity contribution is 0.575. The van der Waals surface area contributed by atoms with Crippen molar-refractivity contribution in [2.45, 2.75) is 6.92 Å². The predicted octanol–water partition coefficient (Wildman–Crippen LogP) is 5.35. The summed E-state index contributed by atoms with van der Waals surface area (Å²) in [7, 11) is 1.95. The molecule has 0 aliphatic carbocycles. The van der Waals surface area contributed by atoms with Gasteiger partial charge in [0.05, 0.1) is 17.2 Å². The second-order valence-corrected chi connectivity index (χ2v) is 6.87. The standard InChI is InChI=1S/C20H17BrN4O/c1-13-7-8-14(11-16(13)21)19-10-9-15(26-19)12-22-24-20-23-17-5-3-4-6-18(17)25(20)2/h3-12H,1-2H3,(H,23,24)/b22-12-. The fraction of sp³-hybridized carbons (Fsp3) is 0.100. The first-order chi connectivity index (χ1) is 12.6. The van der Waals surface area contributed by atoms with Gasteiger partial charge in [0.2, 0.25) is 5.95 Å². The fourth-order valence-corrected chi connectivity index (χ4v) is 3.10. The maximum atomic E-state index is 5.85. The number of halogens is 1. The minimum atomic E-state index is 0.669. The SMILES string of the molecule is Cc1ccc(-c2ccc(/C=N\Nc3nc4ccccc4n3C)o2)cc1Br. The minimum Gasteiger partial charge on any atom is -0.455 e. The summed E-state index contributed by atoms with van der Waals surface area (Å²) >= 11 is 3.55. The van der Waals surface area contributed by atoms with Crippen LogP contribution < -0.4 is 5.43 Å². The summed E-state index contributed by atoms with van der Waals surface area (Å²) in [6, 6.07) is 17.9. The molecule has 0 spiro atoms. The lowest BCUT2D eigenvalue weighted by atomic mass is 10.1. The van der Waals surface area contributed by atoms with Crippen LogP contribution >= 0.6 is 15.9 Å². The molecule has 2 heterocycles. The maximum Gasteiger partial charge on any atom is 0.224 e. The Balaban J connectivity index is 1.51. The molecule has 0 saturated carbocycles. The number of benzene rings is 2. The number of furan rings is 1. The summed E-state index contributed by atoms with van der Waals surface area (Å²) in [5, 5.41) is 4.25. The average molecular weight is 409 g/mol. The van der Waals surface area contributed by atoms with Gasteiger partial charge >= 0.3 is 0 Å². The van der Waals surface area contributed by atoms with Gasteiger partial charge in [-0.05, 0) is 42.8 Å². The molecule has 6 heteroatoms. The topological polar surface area (TPSA) is 55.4 Å². The Morgan fingerprint density at radius 3 is 2.81 bits per heavy atom. The number of rotatable bonds is 4. The van der Waals surface area contributed by atoms with Crippen molar-refractivity contribution in [1.29, 1.82) is 0 Å². The summed E-state index contributed by atoms with van der Waals surface area (Å²) in [6.07, 6.45) is 1.64. The van der Waals surface area contributed by atoms with Gasteiger partial charge in [0, 0.05) is 17.1 Å². The number of nitrogens with one attached hydrogen (secondary N) is 1. The molecular weight excluding hydrogens is 392 g/mol. The lowest BCUT2D eigenvalue weighted by Crippen LogP contribution is -1.98. The van der Waals surface area contributed by atoms with Crippen LogP contribution in [0.1, 0.15) is 11.3 Å². The third-order valence-corrected chi connectivity index (χ3v) is 5.08. The number of fused-ring (bicyclic) bond motifs is 1. The van der Waals surface area contributed by atoms with Gasteiger partial charge in [-0.2, -0.15) is 5.10 Å². The van der Waals surface area contributed by atoms with E-state index in [0.29, 0.717) is 11.7 Å². The highest BCUT2D eigenvalue weighted by Crippen LogP contribution is 2.27. The molecule has 1 N–H and O–H groups in total. The summed E-state index contributed by atoms with van der Waals surface area (Å²) in [5.74, 6) is 2.15. The lowest BCUT2D eigenvalue weighted by Gasteiger charge is -2.01. The highest BCUT2D eigenvalue weighted by atomic mass is 79.9. The number of nitrogens with zero attached hydrogens (tertiary/aromatic N) is 3. The average Bonchev–Trinajstić information content (AvgIpc) is 3.23. The molecule has 0 atom stereocenters. The molecule has 2 aromatic heterocycles. The van der Waals surface area contributed by atoms with E-state index in [1.54, 1.807) is 6.21 Å². The van der Waals surface area contributed by atoms with Gasteiger partial charge in [-0.25, -0.2) is 10.4 Å². The van der Waals surface area contributed by atoms with E-state index in [1.165, 1.54) is 5.56 Å². The number of aryl methyl sites for hydroxylation is 2. The van der Waals surface area contributed by atoms with Crippen LogP contribution in [-0.4, -0.2) is 15.8 Å². The summed E-state index contributed by atoms with van der Waals surface area (Å²) < 4.78 is 8.88. The molecular formula is C20H17BrN4O. The van der Waals surface area contributed by atoms with Crippen LogP contribution in [0.15, 0.2) is 68.6 Å². The molecule has 4 rings (SSSR count). The first kappa shape index (κ1) is 16.6. The molecule has 0 fully saturated rings. The van der Waals surface area contributed by atoms with Crippen molar-refractivity contribution in [3.8, 4) is 11.3 Å². The molecule has 130 valence electrons. The zero-order valence-electron chi connectivity index (χ0n) is 14.4. The third-order valence-electron chi connectivity index (χ3n) is 4.23. The van der Waals surface area contributed by atoms with Crippen molar-refractivity contribution in [3.63, 3.8) is 0 Å². The molecule has 0 radical (unpaired) electrons. The van der Waals surface area contributed by atoms with E-state index >= 15 is 0 Å². The van der Waals surface area contributed by atoms with Crippen molar-refractivity contribution < 1.29 is 4.42 Å². The van der Waals surface area contributed by atoms with Gasteiger partial charge in [-0.3, -0.25) is 0 Å². The molecule has 0 aliphatic rings. The third kappa shape index (κ3) is 3.15. The van der Waals surface area contributed by atoms with Gasteiger partial charge in [0.1, 0.15) is 11.5 Å². The largest absolute Gasteiger partial charge is 0.455 e. The molecule has 2 aromatic carbocycles. The Kier molecular flexibility index (Phi) is 4.34. The van der Waals surface area contributed by atoms with Crippen molar-refractivity contribution in [2.24, 2.45) is 12.1 Å². The Labute approximate surface area is 159 Å². The zero-order valence-corrected chi connectivity index (χ0v) is 16.0. The molecule has 0 aliphatic heterocycles. The quantitative estimate of drug-likeness (QED) is 0.365. The van der Waals surface area contributed by atoms with Crippen molar-refractivity contribution >= 4 is 39.1 Å². The molecule has 0 bridgehead atoms. The second-order valence-electron chi connectivity index (χ2n) is 6.02. The number of aromatic nitrogens is 2. The van der Waals surface area contributed by atoms with E-state index < -0.39 is 0 Å². The monoisotopic (exact) mass is 408 g/mol. The van der Waals surface area contributed by atoms with Crippen LogP contribution in [0, 0.1) is 6.92 Å². The Bertz CT molecular complexity index is 1110. The molecule has 0 saturated heterocycles. The second kappa shape index (κ2) is 6.80. The number of para-hydroxylation sites is 2. The smallest absolute Gasteiger partial charge is 0.224 e. The molecule has 26 heavy (non-hydrogen) atoms. The van der Waals surface area contributed by atoms with E-state index in [-0.39, 0.29) is 0 Å². The zero-order chi connectivity index (χ0) is 18.1. The summed E-state index contributed by atoms with van der Waals surface area (Å²) in [4.78, 5) is 4.52. The number of anilines is 1. The van der Waals surface area contributed by atoms with E-state index in [0.717, 1.165) is 26.8 Å². The van der Waals surface area contributed by atoms with Crippen LogP contribution in [0.5, 0.6) is 0 Å². The van der Waals surface area contributed by atoms with Crippen molar-refractivity contribution in [2.75, 3.05) is 5.43 Å². The number of hydrogen-bond donors (Lipinski definition) is 1. The highest BCUT2D eigenvalue weighted by Gasteiger charge is 2.07. The van der Waals surface area contributed by atoms with E-state index in [2.05, 4.69) is 44.4 Å². The van der Waals surface area contributed by atoms with Crippen LogP contribution in [-0.2, 0) is 7.05 Å². The van der Waals surface area contributed by atoms with Crippen molar-refractivity contribution in [1.82, 2.24) is 9.55 Å². The summed E-state index contributed by atoms with van der Waals surface area (Å²) in [6.45, 7) is 2.06.